The van der Waals surface area contributed by atoms with Crippen LogP contribution in [0.5, 0.6) is 0 Å². The molecule has 0 fully saturated rings. The molecule has 1 N–H and O–H groups in total. The molecule has 18 heavy (non-hydrogen) atoms. The summed E-state index contributed by atoms with van der Waals surface area (Å²) in [5.41, 5.74) is 1.26. The molecule has 0 aliphatic carbocycles. The molecule has 0 saturated heterocycles. The van der Waals surface area contributed by atoms with E-state index >= 15 is 0 Å². The molecular weight excluding hydrogens is 238 g/mol. The number of rotatable bonds is 6. The van der Waals surface area contributed by atoms with Crippen LogP contribution in [0, 0.1) is 0 Å². The molecule has 1 atom stereocenters. The topological polar surface area (TPSA) is 12.0 Å². The third-order valence-corrected chi connectivity index (χ3v) is 4.33. The molecule has 2 rings (SSSR count). The van der Waals surface area contributed by atoms with Crippen LogP contribution in [0.2, 0.25) is 0 Å². The van der Waals surface area contributed by atoms with Crippen LogP contribution < -0.4 is 5.32 Å². The smallest absolute Gasteiger partial charge is 0.0418 e. The number of hydrogen-bond acceptors (Lipinski definition) is 2. The Morgan fingerprint density at radius 1 is 1.39 bits per heavy atom. The minimum Gasteiger partial charge on any atom is -0.310 e. The molecule has 0 aliphatic heterocycles. The van der Waals surface area contributed by atoms with Crippen molar-refractivity contribution in [3.05, 3.63) is 47.4 Å². The van der Waals surface area contributed by atoms with E-state index in [1.165, 1.54) is 20.5 Å². The van der Waals surface area contributed by atoms with Crippen molar-refractivity contribution in [3.63, 3.8) is 0 Å². The lowest BCUT2D eigenvalue weighted by Crippen LogP contribution is -2.19. The van der Waals surface area contributed by atoms with Crippen LogP contribution in [0.25, 0.3) is 10.1 Å². The quantitative estimate of drug-likeness (QED) is 0.727. The predicted molar refractivity (Wildman–Crippen MR) is 82.3 cm³/mol. The number of nitrogens with one attached hydrogen (secondary N) is 1. The van der Waals surface area contributed by atoms with E-state index in [1.54, 1.807) is 0 Å². The maximum Gasteiger partial charge on any atom is 0.0418 e. The molecule has 2 aromatic rings. The van der Waals surface area contributed by atoms with Crippen molar-refractivity contribution in [2.45, 2.75) is 32.7 Å². The Morgan fingerprint density at radius 2 is 2.17 bits per heavy atom. The maximum atomic E-state index is 4.00. The highest BCUT2D eigenvalue weighted by molar-refractivity contribution is 7.19. The molecule has 1 unspecified atom stereocenters. The summed E-state index contributed by atoms with van der Waals surface area (Å²) in [6, 6.07) is 11.4. The second kappa shape index (κ2) is 6.17. The molecular formula is C16H21NS. The van der Waals surface area contributed by atoms with E-state index in [1.807, 2.05) is 11.3 Å². The average Bonchev–Trinajstić information content (AvgIpc) is 2.77. The Hall–Kier alpha value is -1.12. The number of allylic oxidation sites excluding steroid dienone is 1. The van der Waals surface area contributed by atoms with E-state index in [2.05, 4.69) is 56.1 Å². The summed E-state index contributed by atoms with van der Waals surface area (Å²) in [4.78, 5) is 1.44. The molecule has 1 aromatic carbocycles. The molecule has 0 spiro atoms. The van der Waals surface area contributed by atoms with Gasteiger partial charge in [-0.3, -0.25) is 0 Å². The zero-order valence-electron chi connectivity index (χ0n) is 11.2. The minimum absolute atomic E-state index is 0.462. The monoisotopic (exact) mass is 259 g/mol. The van der Waals surface area contributed by atoms with Crippen LogP contribution in [-0.4, -0.2) is 6.54 Å². The van der Waals surface area contributed by atoms with Gasteiger partial charge in [-0.1, -0.05) is 30.7 Å². The van der Waals surface area contributed by atoms with Gasteiger partial charge in [0.15, 0.2) is 0 Å². The van der Waals surface area contributed by atoms with Crippen molar-refractivity contribution in [2.75, 3.05) is 6.54 Å². The Kier molecular flexibility index (Phi) is 4.56. The van der Waals surface area contributed by atoms with Gasteiger partial charge in [0.2, 0.25) is 0 Å². The molecule has 1 heterocycles. The molecule has 0 amide bonds. The van der Waals surface area contributed by atoms with Gasteiger partial charge < -0.3 is 5.32 Å². The maximum absolute atomic E-state index is 4.00. The molecule has 1 aromatic heterocycles. The second-order valence-corrected chi connectivity index (χ2v) is 5.91. The lowest BCUT2D eigenvalue weighted by atomic mass is 10.1. The first-order chi connectivity index (χ1) is 8.70. The number of benzene rings is 1. The summed E-state index contributed by atoms with van der Waals surface area (Å²) in [5.74, 6) is 0. The van der Waals surface area contributed by atoms with Crippen LogP contribution in [0.1, 0.15) is 37.6 Å². The third kappa shape index (κ3) is 3.21. The van der Waals surface area contributed by atoms with E-state index in [0.717, 1.165) is 19.4 Å². The fraction of sp³-hybridized carbons (Fsp3) is 0.375. The van der Waals surface area contributed by atoms with Crippen LogP contribution in [0.15, 0.2) is 42.5 Å². The first-order valence-electron chi connectivity index (χ1n) is 6.57. The average molecular weight is 259 g/mol. The van der Waals surface area contributed by atoms with Gasteiger partial charge in [-0.25, -0.2) is 0 Å². The minimum atomic E-state index is 0.462. The Balaban J connectivity index is 2.20. The van der Waals surface area contributed by atoms with Gasteiger partial charge in [0.25, 0.3) is 0 Å². The summed E-state index contributed by atoms with van der Waals surface area (Å²) >= 11 is 1.90. The highest BCUT2D eigenvalue weighted by atomic mass is 32.1. The SMILES string of the molecule is C=C(C)CCC(NCC)c1cc2ccccc2s1. The predicted octanol–water partition coefficient (Wildman–Crippen LogP) is 4.91. The lowest BCUT2D eigenvalue weighted by Gasteiger charge is -2.16. The van der Waals surface area contributed by atoms with Gasteiger partial charge >= 0.3 is 0 Å². The molecule has 1 nitrogen and oxygen atoms in total. The van der Waals surface area contributed by atoms with Crippen LogP contribution in [-0.2, 0) is 0 Å². The molecule has 96 valence electrons. The van der Waals surface area contributed by atoms with Gasteiger partial charge in [0.05, 0.1) is 0 Å². The largest absolute Gasteiger partial charge is 0.310 e. The zero-order chi connectivity index (χ0) is 13.0. The molecule has 0 saturated carbocycles. The van der Waals surface area contributed by atoms with Crippen LogP contribution in [0.3, 0.4) is 0 Å². The van der Waals surface area contributed by atoms with Gasteiger partial charge in [-0.05, 0) is 43.8 Å². The number of fused-ring (bicyclic) bond motifs is 1. The van der Waals surface area contributed by atoms with Crippen molar-refractivity contribution in [2.24, 2.45) is 0 Å². The fourth-order valence-corrected chi connectivity index (χ4v) is 3.33. The fourth-order valence-electron chi connectivity index (χ4n) is 2.16. The van der Waals surface area contributed by atoms with Crippen molar-refractivity contribution >= 4 is 21.4 Å². The van der Waals surface area contributed by atoms with Gasteiger partial charge in [0.1, 0.15) is 0 Å². The molecule has 2 heteroatoms. The van der Waals surface area contributed by atoms with E-state index in [0.29, 0.717) is 6.04 Å². The lowest BCUT2D eigenvalue weighted by molar-refractivity contribution is 0.522. The van der Waals surface area contributed by atoms with Crippen molar-refractivity contribution in [1.82, 2.24) is 5.32 Å². The van der Waals surface area contributed by atoms with Gasteiger partial charge in [0, 0.05) is 15.6 Å². The van der Waals surface area contributed by atoms with Gasteiger partial charge in [-0.2, -0.15) is 0 Å². The third-order valence-electron chi connectivity index (χ3n) is 3.10. The molecule has 0 bridgehead atoms. The summed E-state index contributed by atoms with van der Waals surface area (Å²) in [5, 5.41) is 4.94. The highest BCUT2D eigenvalue weighted by Crippen LogP contribution is 2.32. The zero-order valence-corrected chi connectivity index (χ0v) is 12.0. The Bertz CT molecular complexity index is 494. The summed E-state index contributed by atoms with van der Waals surface area (Å²) in [6.45, 7) is 9.28. The standard InChI is InChI=1S/C16H21NS/c1-4-17-14(10-9-12(2)3)16-11-13-7-5-6-8-15(13)18-16/h5-8,11,14,17H,2,4,9-10H2,1,3H3. The normalized spacial score (nSPS) is 12.8. The second-order valence-electron chi connectivity index (χ2n) is 4.79. The van der Waals surface area contributed by atoms with Crippen molar-refractivity contribution < 1.29 is 0 Å². The molecule has 0 radical (unpaired) electrons. The highest BCUT2D eigenvalue weighted by Gasteiger charge is 2.13. The van der Waals surface area contributed by atoms with E-state index < -0.39 is 0 Å². The summed E-state index contributed by atoms with van der Waals surface area (Å²) in [6.07, 6.45) is 2.22. The number of thiophene rings is 1. The van der Waals surface area contributed by atoms with Crippen LogP contribution >= 0.6 is 11.3 Å². The Morgan fingerprint density at radius 3 is 2.83 bits per heavy atom. The number of hydrogen-bond donors (Lipinski definition) is 1. The summed E-state index contributed by atoms with van der Waals surface area (Å²) in [7, 11) is 0. The van der Waals surface area contributed by atoms with E-state index in [4.69, 9.17) is 0 Å². The van der Waals surface area contributed by atoms with Crippen molar-refractivity contribution in [1.29, 1.82) is 0 Å². The van der Waals surface area contributed by atoms with E-state index in [9.17, 15) is 0 Å². The first kappa shape index (κ1) is 13.3. The summed E-state index contributed by atoms with van der Waals surface area (Å²) < 4.78 is 1.38. The van der Waals surface area contributed by atoms with E-state index in [-0.39, 0.29) is 0 Å². The van der Waals surface area contributed by atoms with Crippen LogP contribution in [0.4, 0.5) is 0 Å². The molecule has 0 aliphatic rings. The van der Waals surface area contributed by atoms with Gasteiger partial charge in [-0.15, -0.1) is 17.9 Å². The Labute approximate surface area is 114 Å². The van der Waals surface area contributed by atoms with Crippen molar-refractivity contribution in [3.8, 4) is 0 Å². The first-order valence-corrected chi connectivity index (χ1v) is 7.38.